The average Bonchev–Trinajstić information content (AvgIpc) is 3.23. The number of aryl methyl sites for hydroxylation is 1. The van der Waals surface area contributed by atoms with E-state index in [2.05, 4.69) is 5.32 Å². The molecule has 2 heterocycles. The summed E-state index contributed by atoms with van der Waals surface area (Å²) in [7, 11) is 0. The third kappa shape index (κ3) is 3.57. The van der Waals surface area contributed by atoms with Gasteiger partial charge in [0.2, 0.25) is 5.91 Å². The van der Waals surface area contributed by atoms with Crippen molar-refractivity contribution < 1.29 is 18.4 Å². The maximum Gasteiger partial charge on any atom is 0.321 e. The minimum Gasteiger partial charge on any atom is -0.335 e. The van der Waals surface area contributed by atoms with Crippen molar-refractivity contribution in [2.75, 3.05) is 25.0 Å². The Balaban J connectivity index is 1.53. The standard InChI is InChI=1S/C22H23F2N3O2/c1-13-5-3-4-6-17(13)21-18-12-26(10-15(18)11-27(21)14(2)28)22(29)25-16-7-8-19(23)20(24)9-16/h3-9,15,18,21H,10-12H2,1-2H3,(H,25,29)/t15-,18-,21-/m1/s1. The maximum absolute atomic E-state index is 13.4. The number of nitrogens with one attached hydrogen (secondary N) is 1. The van der Waals surface area contributed by atoms with E-state index >= 15 is 0 Å². The van der Waals surface area contributed by atoms with E-state index in [1.54, 1.807) is 11.8 Å². The van der Waals surface area contributed by atoms with Gasteiger partial charge in [-0.25, -0.2) is 13.6 Å². The van der Waals surface area contributed by atoms with E-state index in [1.165, 1.54) is 6.07 Å². The first-order valence-corrected chi connectivity index (χ1v) is 9.69. The average molecular weight is 399 g/mol. The van der Waals surface area contributed by atoms with Crippen molar-refractivity contribution in [3.8, 4) is 0 Å². The minimum atomic E-state index is -1.00. The number of carbonyl (C=O) groups excluding carboxylic acids is 2. The summed E-state index contributed by atoms with van der Waals surface area (Å²) in [5.74, 6) is -1.61. The van der Waals surface area contributed by atoms with Crippen molar-refractivity contribution in [3.63, 3.8) is 0 Å². The van der Waals surface area contributed by atoms with E-state index in [4.69, 9.17) is 0 Å². The van der Waals surface area contributed by atoms with Crippen LogP contribution >= 0.6 is 0 Å². The number of urea groups is 1. The van der Waals surface area contributed by atoms with Crippen molar-refractivity contribution in [2.24, 2.45) is 11.8 Å². The maximum atomic E-state index is 13.4. The minimum absolute atomic E-state index is 0.0328. The second kappa shape index (κ2) is 7.46. The van der Waals surface area contributed by atoms with Crippen LogP contribution in [0.25, 0.3) is 0 Å². The van der Waals surface area contributed by atoms with Gasteiger partial charge >= 0.3 is 6.03 Å². The smallest absolute Gasteiger partial charge is 0.321 e. The number of likely N-dealkylation sites (tertiary alicyclic amines) is 2. The van der Waals surface area contributed by atoms with Gasteiger partial charge in [0.25, 0.3) is 0 Å². The molecule has 2 aliphatic rings. The predicted octanol–water partition coefficient (Wildman–Crippen LogP) is 3.96. The molecule has 7 heteroatoms. The highest BCUT2D eigenvalue weighted by Crippen LogP contribution is 2.45. The lowest BCUT2D eigenvalue weighted by atomic mass is 9.87. The van der Waals surface area contributed by atoms with Crippen molar-refractivity contribution in [1.82, 2.24) is 9.80 Å². The van der Waals surface area contributed by atoms with E-state index in [9.17, 15) is 18.4 Å². The molecule has 4 rings (SSSR count). The van der Waals surface area contributed by atoms with Gasteiger partial charge in [0.05, 0.1) is 6.04 Å². The third-order valence-electron chi connectivity index (χ3n) is 6.03. The fourth-order valence-corrected chi connectivity index (χ4v) is 4.63. The van der Waals surface area contributed by atoms with Crippen LogP contribution in [0.1, 0.15) is 24.1 Å². The SMILES string of the molecule is CC(=O)N1C[C@H]2CN(C(=O)Nc3ccc(F)c(F)c3)C[C@H]2[C@H]1c1ccccc1C. The molecule has 0 spiro atoms. The number of carbonyl (C=O) groups is 2. The Hall–Kier alpha value is -2.96. The van der Waals surface area contributed by atoms with Crippen LogP contribution in [0.2, 0.25) is 0 Å². The molecular weight excluding hydrogens is 376 g/mol. The lowest BCUT2D eigenvalue weighted by Crippen LogP contribution is -2.38. The lowest BCUT2D eigenvalue weighted by molar-refractivity contribution is -0.130. The normalized spacial score (nSPS) is 23.2. The number of fused-ring (bicyclic) bond motifs is 1. The Morgan fingerprint density at radius 2 is 1.79 bits per heavy atom. The monoisotopic (exact) mass is 399 g/mol. The van der Waals surface area contributed by atoms with Crippen LogP contribution in [0.15, 0.2) is 42.5 Å². The van der Waals surface area contributed by atoms with Gasteiger partial charge in [-0.05, 0) is 30.2 Å². The molecule has 0 aliphatic carbocycles. The number of halogens is 2. The largest absolute Gasteiger partial charge is 0.335 e. The fourth-order valence-electron chi connectivity index (χ4n) is 4.63. The molecule has 2 fully saturated rings. The summed E-state index contributed by atoms with van der Waals surface area (Å²) in [6.45, 7) is 5.24. The molecule has 152 valence electrons. The van der Waals surface area contributed by atoms with Crippen LogP contribution in [0.3, 0.4) is 0 Å². The zero-order valence-corrected chi connectivity index (χ0v) is 16.4. The van der Waals surface area contributed by atoms with Crippen LogP contribution in [0.4, 0.5) is 19.3 Å². The van der Waals surface area contributed by atoms with Crippen molar-refractivity contribution in [3.05, 3.63) is 65.2 Å². The quantitative estimate of drug-likeness (QED) is 0.831. The van der Waals surface area contributed by atoms with Crippen LogP contribution in [0, 0.1) is 30.4 Å². The second-order valence-electron chi connectivity index (χ2n) is 7.86. The Kier molecular flexibility index (Phi) is 4.98. The lowest BCUT2D eigenvalue weighted by Gasteiger charge is -2.30. The summed E-state index contributed by atoms with van der Waals surface area (Å²) in [5, 5.41) is 2.64. The van der Waals surface area contributed by atoms with E-state index < -0.39 is 11.6 Å². The van der Waals surface area contributed by atoms with Crippen molar-refractivity contribution >= 4 is 17.6 Å². The van der Waals surface area contributed by atoms with E-state index in [0.29, 0.717) is 19.6 Å². The van der Waals surface area contributed by atoms with Crippen LogP contribution in [-0.4, -0.2) is 41.4 Å². The number of benzene rings is 2. The molecule has 29 heavy (non-hydrogen) atoms. The molecule has 2 aliphatic heterocycles. The van der Waals surface area contributed by atoms with E-state index in [1.807, 2.05) is 36.1 Å². The molecule has 0 aromatic heterocycles. The van der Waals surface area contributed by atoms with Gasteiger partial charge in [-0.1, -0.05) is 24.3 Å². The molecule has 3 atom stereocenters. The Labute approximate surface area is 168 Å². The number of anilines is 1. The molecule has 0 unspecified atom stereocenters. The van der Waals surface area contributed by atoms with Gasteiger partial charge < -0.3 is 15.1 Å². The van der Waals surface area contributed by atoms with E-state index in [-0.39, 0.29) is 35.5 Å². The highest BCUT2D eigenvalue weighted by molar-refractivity contribution is 5.89. The molecule has 0 saturated carbocycles. The predicted molar refractivity (Wildman–Crippen MR) is 105 cm³/mol. The van der Waals surface area contributed by atoms with Crippen LogP contribution < -0.4 is 5.32 Å². The van der Waals surface area contributed by atoms with Gasteiger partial charge in [-0.15, -0.1) is 0 Å². The highest BCUT2D eigenvalue weighted by Gasteiger charge is 2.49. The topological polar surface area (TPSA) is 52.7 Å². The van der Waals surface area contributed by atoms with Gasteiger partial charge in [0.15, 0.2) is 11.6 Å². The molecule has 2 saturated heterocycles. The van der Waals surface area contributed by atoms with Crippen LogP contribution in [-0.2, 0) is 4.79 Å². The highest BCUT2D eigenvalue weighted by atomic mass is 19.2. The van der Waals surface area contributed by atoms with Crippen molar-refractivity contribution in [2.45, 2.75) is 19.9 Å². The van der Waals surface area contributed by atoms with Gasteiger partial charge in [-0.3, -0.25) is 4.79 Å². The number of rotatable bonds is 2. The Morgan fingerprint density at radius 1 is 1.03 bits per heavy atom. The summed E-state index contributed by atoms with van der Waals surface area (Å²) >= 11 is 0. The van der Waals surface area contributed by atoms with E-state index in [0.717, 1.165) is 23.3 Å². The molecule has 2 aromatic rings. The zero-order chi connectivity index (χ0) is 20.7. The Morgan fingerprint density at radius 3 is 2.48 bits per heavy atom. The third-order valence-corrected chi connectivity index (χ3v) is 6.03. The molecule has 1 N–H and O–H groups in total. The van der Waals surface area contributed by atoms with Gasteiger partial charge in [0, 0.05) is 50.1 Å². The zero-order valence-electron chi connectivity index (χ0n) is 16.4. The fraction of sp³-hybridized carbons (Fsp3) is 0.364. The number of hydrogen-bond acceptors (Lipinski definition) is 2. The molecular formula is C22H23F2N3O2. The summed E-state index contributed by atoms with van der Waals surface area (Å²) in [6.07, 6.45) is 0. The molecule has 0 bridgehead atoms. The summed E-state index contributed by atoms with van der Waals surface area (Å²) in [5.41, 5.74) is 2.44. The van der Waals surface area contributed by atoms with Gasteiger partial charge in [-0.2, -0.15) is 0 Å². The van der Waals surface area contributed by atoms with Gasteiger partial charge in [0.1, 0.15) is 0 Å². The molecule has 5 nitrogen and oxygen atoms in total. The first kappa shape index (κ1) is 19.4. The number of hydrogen-bond donors (Lipinski definition) is 1. The summed E-state index contributed by atoms with van der Waals surface area (Å²) in [4.78, 5) is 28.5. The summed E-state index contributed by atoms with van der Waals surface area (Å²) in [6, 6.07) is 10.9. The van der Waals surface area contributed by atoms with Crippen LogP contribution in [0.5, 0.6) is 0 Å². The molecule has 0 radical (unpaired) electrons. The first-order chi connectivity index (χ1) is 13.8. The molecule has 3 amide bonds. The summed E-state index contributed by atoms with van der Waals surface area (Å²) < 4.78 is 26.5. The molecule has 2 aromatic carbocycles. The Bertz CT molecular complexity index is 965. The number of nitrogens with zero attached hydrogens (tertiary/aromatic N) is 2. The number of amides is 3. The van der Waals surface area contributed by atoms with Crippen molar-refractivity contribution in [1.29, 1.82) is 0 Å². The second-order valence-corrected chi connectivity index (χ2v) is 7.86. The first-order valence-electron chi connectivity index (χ1n) is 9.69.